The Kier molecular flexibility index (Phi) is 7.10. The average molecular weight is 327 g/mol. The topological polar surface area (TPSA) is 41.1 Å². The van der Waals surface area contributed by atoms with Crippen LogP contribution in [-0.2, 0) is 4.79 Å². The van der Waals surface area contributed by atoms with Gasteiger partial charge in [-0.3, -0.25) is 10.1 Å². The molecular formula is C15H23BrN2O. The normalized spacial score (nSPS) is 13.9. The van der Waals surface area contributed by atoms with Crippen molar-refractivity contribution in [2.75, 3.05) is 6.54 Å². The van der Waals surface area contributed by atoms with E-state index in [4.69, 9.17) is 0 Å². The first-order valence-electron chi connectivity index (χ1n) is 6.87. The summed E-state index contributed by atoms with van der Waals surface area (Å²) in [6.45, 7) is 6.82. The molecule has 1 rings (SSSR count). The van der Waals surface area contributed by atoms with Crippen LogP contribution in [0.4, 0.5) is 0 Å². The minimum Gasteiger partial charge on any atom is -0.355 e. The Labute approximate surface area is 124 Å². The largest absolute Gasteiger partial charge is 0.355 e. The summed E-state index contributed by atoms with van der Waals surface area (Å²) in [4.78, 5) is 11.9. The summed E-state index contributed by atoms with van der Waals surface area (Å²) >= 11 is 3.43. The first-order valence-corrected chi connectivity index (χ1v) is 7.67. The smallest absolute Gasteiger partial charge is 0.236 e. The Balaban J connectivity index is 2.61. The van der Waals surface area contributed by atoms with E-state index in [9.17, 15) is 4.79 Å². The van der Waals surface area contributed by atoms with E-state index in [1.165, 1.54) is 5.56 Å². The van der Waals surface area contributed by atoms with Crippen LogP contribution in [0.25, 0.3) is 0 Å². The molecular weight excluding hydrogens is 304 g/mol. The highest BCUT2D eigenvalue weighted by atomic mass is 79.9. The third-order valence-corrected chi connectivity index (χ3v) is 3.60. The lowest BCUT2D eigenvalue weighted by molar-refractivity contribution is -0.122. The van der Waals surface area contributed by atoms with E-state index < -0.39 is 0 Å². The number of hydrogen-bond donors (Lipinski definition) is 2. The minimum absolute atomic E-state index is 0.0670. The van der Waals surface area contributed by atoms with Gasteiger partial charge in [0.2, 0.25) is 5.91 Å². The van der Waals surface area contributed by atoms with Crippen molar-refractivity contribution in [2.24, 2.45) is 0 Å². The maximum Gasteiger partial charge on any atom is 0.236 e. The van der Waals surface area contributed by atoms with Crippen molar-refractivity contribution < 1.29 is 4.79 Å². The van der Waals surface area contributed by atoms with E-state index in [0.717, 1.165) is 23.9 Å². The van der Waals surface area contributed by atoms with Gasteiger partial charge in [0.25, 0.3) is 0 Å². The summed E-state index contributed by atoms with van der Waals surface area (Å²) in [6, 6.07) is 8.25. The van der Waals surface area contributed by atoms with Crippen LogP contribution >= 0.6 is 15.9 Å². The first-order chi connectivity index (χ1) is 9.08. The number of benzene rings is 1. The predicted octanol–water partition coefficient (Wildman–Crippen LogP) is 3.40. The van der Waals surface area contributed by atoms with E-state index >= 15 is 0 Å². The molecule has 1 aromatic carbocycles. The first kappa shape index (κ1) is 16.2. The summed E-state index contributed by atoms with van der Waals surface area (Å²) in [5.41, 5.74) is 1.21. The van der Waals surface area contributed by atoms with Gasteiger partial charge >= 0.3 is 0 Å². The van der Waals surface area contributed by atoms with Gasteiger partial charge in [-0.1, -0.05) is 41.9 Å². The standard InChI is InChI=1S/C15H23BrN2O/c1-4-10-17-15(19)11(3)18-14(5-2)12-6-8-13(16)9-7-12/h6-9,11,14,18H,4-5,10H2,1-3H3,(H,17,19). The Morgan fingerprint density at radius 3 is 2.42 bits per heavy atom. The molecule has 0 aromatic heterocycles. The van der Waals surface area contributed by atoms with Crippen molar-refractivity contribution in [3.05, 3.63) is 34.3 Å². The van der Waals surface area contributed by atoms with Crippen LogP contribution in [0.3, 0.4) is 0 Å². The second kappa shape index (κ2) is 8.33. The third kappa shape index (κ3) is 5.33. The zero-order valence-corrected chi connectivity index (χ0v) is 13.5. The highest BCUT2D eigenvalue weighted by Crippen LogP contribution is 2.19. The fourth-order valence-electron chi connectivity index (χ4n) is 1.92. The van der Waals surface area contributed by atoms with Gasteiger partial charge in [0.1, 0.15) is 0 Å². The molecule has 106 valence electrons. The fourth-order valence-corrected chi connectivity index (χ4v) is 2.19. The average Bonchev–Trinajstić information content (AvgIpc) is 2.42. The molecule has 2 atom stereocenters. The second-order valence-corrected chi connectivity index (χ2v) is 5.61. The summed E-state index contributed by atoms with van der Waals surface area (Å²) in [5, 5.41) is 6.30. The second-order valence-electron chi connectivity index (χ2n) is 4.69. The Hall–Kier alpha value is -0.870. The molecule has 19 heavy (non-hydrogen) atoms. The van der Waals surface area contributed by atoms with Crippen LogP contribution in [0.1, 0.15) is 45.2 Å². The summed E-state index contributed by atoms with van der Waals surface area (Å²) in [6.07, 6.45) is 1.91. The van der Waals surface area contributed by atoms with E-state index in [2.05, 4.69) is 52.5 Å². The van der Waals surface area contributed by atoms with Crippen LogP contribution in [-0.4, -0.2) is 18.5 Å². The molecule has 0 heterocycles. The van der Waals surface area contributed by atoms with Crippen molar-refractivity contribution >= 4 is 21.8 Å². The van der Waals surface area contributed by atoms with Crippen molar-refractivity contribution in [2.45, 2.75) is 45.7 Å². The lowest BCUT2D eigenvalue weighted by atomic mass is 10.0. The Morgan fingerprint density at radius 1 is 1.26 bits per heavy atom. The monoisotopic (exact) mass is 326 g/mol. The zero-order valence-electron chi connectivity index (χ0n) is 11.9. The maximum absolute atomic E-state index is 11.9. The van der Waals surface area contributed by atoms with Crippen LogP contribution in [0.5, 0.6) is 0 Å². The molecule has 0 spiro atoms. The van der Waals surface area contributed by atoms with E-state index in [1.54, 1.807) is 0 Å². The highest BCUT2D eigenvalue weighted by molar-refractivity contribution is 9.10. The van der Waals surface area contributed by atoms with Gasteiger partial charge in [0.05, 0.1) is 6.04 Å². The number of rotatable bonds is 7. The molecule has 0 saturated heterocycles. The number of carbonyl (C=O) groups excluding carboxylic acids is 1. The van der Waals surface area contributed by atoms with Gasteiger partial charge in [-0.2, -0.15) is 0 Å². The molecule has 2 N–H and O–H groups in total. The van der Waals surface area contributed by atoms with E-state index in [0.29, 0.717) is 0 Å². The molecule has 3 nitrogen and oxygen atoms in total. The van der Waals surface area contributed by atoms with Crippen molar-refractivity contribution in [3.8, 4) is 0 Å². The lowest BCUT2D eigenvalue weighted by Gasteiger charge is -2.22. The molecule has 0 aliphatic carbocycles. The Bertz CT molecular complexity index is 392. The fraction of sp³-hybridized carbons (Fsp3) is 0.533. The van der Waals surface area contributed by atoms with E-state index in [1.807, 2.05) is 19.1 Å². The van der Waals surface area contributed by atoms with Gasteiger partial charge in [-0.05, 0) is 37.5 Å². The highest BCUT2D eigenvalue weighted by Gasteiger charge is 2.17. The quantitative estimate of drug-likeness (QED) is 0.806. The molecule has 1 aromatic rings. The van der Waals surface area contributed by atoms with Crippen molar-refractivity contribution in [1.82, 2.24) is 10.6 Å². The van der Waals surface area contributed by atoms with Crippen LogP contribution in [0, 0.1) is 0 Å². The van der Waals surface area contributed by atoms with Gasteiger partial charge in [0.15, 0.2) is 0 Å². The summed E-state index contributed by atoms with van der Waals surface area (Å²) < 4.78 is 1.07. The number of nitrogens with one attached hydrogen (secondary N) is 2. The van der Waals surface area contributed by atoms with Gasteiger partial charge < -0.3 is 5.32 Å². The van der Waals surface area contributed by atoms with E-state index in [-0.39, 0.29) is 18.0 Å². The van der Waals surface area contributed by atoms with Crippen molar-refractivity contribution in [1.29, 1.82) is 0 Å². The molecule has 0 radical (unpaired) electrons. The molecule has 4 heteroatoms. The number of halogens is 1. The molecule has 2 unspecified atom stereocenters. The molecule has 0 aliphatic heterocycles. The van der Waals surface area contributed by atoms with Crippen LogP contribution < -0.4 is 10.6 Å². The Morgan fingerprint density at radius 2 is 1.89 bits per heavy atom. The zero-order chi connectivity index (χ0) is 14.3. The molecule has 1 amide bonds. The molecule has 0 aliphatic rings. The third-order valence-electron chi connectivity index (χ3n) is 3.07. The summed E-state index contributed by atoms with van der Waals surface area (Å²) in [7, 11) is 0. The van der Waals surface area contributed by atoms with Gasteiger partial charge in [0, 0.05) is 17.1 Å². The number of carbonyl (C=O) groups is 1. The lowest BCUT2D eigenvalue weighted by Crippen LogP contribution is -2.43. The molecule has 0 fully saturated rings. The van der Waals surface area contributed by atoms with Crippen molar-refractivity contribution in [3.63, 3.8) is 0 Å². The summed E-state index contributed by atoms with van der Waals surface area (Å²) in [5.74, 6) is 0.0670. The molecule has 0 saturated carbocycles. The van der Waals surface area contributed by atoms with Gasteiger partial charge in [-0.15, -0.1) is 0 Å². The number of hydrogen-bond acceptors (Lipinski definition) is 2. The van der Waals surface area contributed by atoms with Gasteiger partial charge in [-0.25, -0.2) is 0 Å². The SMILES string of the molecule is CCCNC(=O)C(C)NC(CC)c1ccc(Br)cc1. The van der Waals surface area contributed by atoms with Crippen LogP contribution in [0.2, 0.25) is 0 Å². The van der Waals surface area contributed by atoms with Crippen LogP contribution in [0.15, 0.2) is 28.7 Å². The maximum atomic E-state index is 11.9. The number of amides is 1. The minimum atomic E-state index is -0.180. The predicted molar refractivity (Wildman–Crippen MR) is 83.1 cm³/mol. The molecule has 0 bridgehead atoms.